The molecule has 0 amide bonds. The minimum absolute atomic E-state index is 0.200. The number of benzene rings is 1. The molecule has 0 aliphatic carbocycles. The Bertz CT molecular complexity index is 463. The van der Waals surface area contributed by atoms with E-state index in [9.17, 15) is 0 Å². The van der Waals surface area contributed by atoms with Crippen molar-refractivity contribution >= 4 is 11.3 Å². The van der Waals surface area contributed by atoms with Gasteiger partial charge in [0.05, 0.1) is 17.2 Å². The lowest BCUT2D eigenvalue weighted by atomic mass is 9.96. The number of hydrogen-bond acceptors (Lipinski definition) is 3. The first-order valence-corrected chi connectivity index (χ1v) is 6.29. The van der Waals surface area contributed by atoms with Gasteiger partial charge >= 0.3 is 0 Å². The number of hydrogen-bond donors (Lipinski definition) is 1. The molecule has 1 aromatic carbocycles. The molecule has 0 saturated heterocycles. The Kier molecular flexibility index (Phi) is 3.36. The minimum atomic E-state index is 0.200. The summed E-state index contributed by atoms with van der Waals surface area (Å²) in [5.74, 6) is 0. The molecular weight excluding hydrogens is 216 g/mol. The molecule has 84 valence electrons. The summed E-state index contributed by atoms with van der Waals surface area (Å²) in [5.41, 5.74) is 6.96. The fourth-order valence-corrected chi connectivity index (χ4v) is 2.49. The summed E-state index contributed by atoms with van der Waals surface area (Å²) in [5, 5.41) is 5.43. The van der Waals surface area contributed by atoms with Crippen molar-refractivity contribution in [2.24, 2.45) is 0 Å². The fourth-order valence-electron chi connectivity index (χ4n) is 1.91. The Labute approximate surface area is 100 Å². The molecule has 0 bridgehead atoms. The summed E-state index contributed by atoms with van der Waals surface area (Å²) in [6.07, 6.45) is 0. The topological polar surface area (TPSA) is 24.9 Å². The van der Waals surface area contributed by atoms with Gasteiger partial charge in [0, 0.05) is 5.38 Å². The van der Waals surface area contributed by atoms with Crippen molar-refractivity contribution in [3.8, 4) is 0 Å². The predicted octanol–water partition coefficient (Wildman–Crippen LogP) is 3.07. The van der Waals surface area contributed by atoms with E-state index < -0.39 is 0 Å². The van der Waals surface area contributed by atoms with Crippen molar-refractivity contribution in [1.82, 2.24) is 10.3 Å². The zero-order chi connectivity index (χ0) is 11.5. The predicted molar refractivity (Wildman–Crippen MR) is 68.9 cm³/mol. The zero-order valence-electron chi connectivity index (χ0n) is 9.82. The molecule has 16 heavy (non-hydrogen) atoms. The van der Waals surface area contributed by atoms with E-state index in [1.54, 1.807) is 11.3 Å². The summed E-state index contributed by atoms with van der Waals surface area (Å²) in [6.45, 7) is 4.31. The highest BCUT2D eigenvalue weighted by Crippen LogP contribution is 2.25. The highest BCUT2D eigenvalue weighted by molar-refractivity contribution is 7.07. The number of nitrogens with one attached hydrogen (secondary N) is 1. The molecule has 0 radical (unpaired) electrons. The third-order valence-corrected chi connectivity index (χ3v) is 3.60. The smallest absolute Gasteiger partial charge is 0.0795 e. The first-order valence-electron chi connectivity index (χ1n) is 5.35. The quantitative estimate of drug-likeness (QED) is 0.879. The van der Waals surface area contributed by atoms with Crippen LogP contribution in [-0.2, 0) is 0 Å². The molecule has 2 aromatic rings. The van der Waals surface area contributed by atoms with Crippen molar-refractivity contribution < 1.29 is 0 Å². The van der Waals surface area contributed by atoms with Crippen LogP contribution in [0.2, 0.25) is 0 Å². The second-order valence-corrected chi connectivity index (χ2v) is 4.64. The van der Waals surface area contributed by atoms with E-state index in [-0.39, 0.29) is 6.04 Å². The van der Waals surface area contributed by atoms with E-state index >= 15 is 0 Å². The second kappa shape index (κ2) is 4.76. The van der Waals surface area contributed by atoms with Gasteiger partial charge in [0.2, 0.25) is 0 Å². The molecule has 0 aliphatic rings. The van der Waals surface area contributed by atoms with E-state index in [0.717, 1.165) is 5.69 Å². The molecular formula is C13H16N2S. The van der Waals surface area contributed by atoms with E-state index in [1.165, 1.54) is 16.7 Å². The maximum absolute atomic E-state index is 4.39. The van der Waals surface area contributed by atoms with Crippen LogP contribution in [0.5, 0.6) is 0 Å². The maximum atomic E-state index is 4.39. The third kappa shape index (κ3) is 2.01. The van der Waals surface area contributed by atoms with Gasteiger partial charge in [0.25, 0.3) is 0 Å². The lowest BCUT2D eigenvalue weighted by Crippen LogP contribution is -2.19. The number of aromatic nitrogens is 1. The molecule has 1 aromatic heterocycles. The largest absolute Gasteiger partial charge is 0.308 e. The minimum Gasteiger partial charge on any atom is -0.308 e. The van der Waals surface area contributed by atoms with Crippen molar-refractivity contribution in [1.29, 1.82) is 0 Å². The summed E-state index contributed by atoms with van der Waals surface area (Å²) < 4.78 is 0. The molecule has 0 aliphatic heterocycles. The highest BCUT2D eigenvalue weighted by atomic mass is 32.1. The van der Waals surface area contributed by atoms with Gasteiger partial charge in [0.1, 0.15) is 0 Å². The van der Waals surface area contributed by atoms with Gasteiger partial charge in [0.15, 0.2) is 0 Å². The van der Waals surface area contributed by atoms with Crippen molar-refractivity contribution in [3.63, 3.8) is 0 Å². The monoisotopic (exact) mass is 232 g/mol. The second-order valence-electron chi connectivity index (χ2n) is 3.92. The summed E-state index contributed by atoms with van der Waals surface area (Å²) >= 11 is 1.64. The number of aryl methyl sites for hydroxylation is 1. The van der Waals surface area contributed by atoms with Gasteiger partial charge in [-0.15, -0.1) is 11.3 Å². The molecule has 1 N–H and O–H groups in total. The first kappa shape index (κ1) is 11.3. The third-order valence-electron chi connectivity index (χ3n) is 2.99. The molecule has 2 nitrogen and oxygen atoms in total. The summed E-state index contributed by atoms with van der Waals surface area (Å²) in [6, 6.07) is 6.62. The molecule has 1 heterocycles. The zero-order valence-corrected chi connectivity index (χ0v) is 10.6. The van der Waals surface area contributed by atoms with Crippen LogP contribution in [0.1, 0.15) is 28.4 Å². The van der Waals surface area contributed by atoms with Gasteiger partial charge in [-0.3, -0.25) is 0 Å². The van der Waals surface area contributed by atoms with Gasteiger partial charge < -0.3 is 5.32 Å². The number of nitrogens with zero attached hydrogens (tertiary/aromatic N) is 1. The van der Waals surface area contributed by atoms with Crippen LogP contribution in [0.3, 0.4) is 0 Å². The standard InChI is InChI=1S/C13H16N2S/c1-9-5-4-6-11(10(9)2)13(14-3)12-7-16-8-15-12/h4-8,13-14H,1-3H3. The van der Waals surface area contributed by atoms with Gasteiger partial charge in [-0.25, -0.2) is 4.98 Å². The van der Waals surface area contributed by atoms with Crippen LogP contribution in [0.25, 0.3) is 0 Å². The average Bonchev–Trinajstić information content (AvgIpc) is 2.79. The van der Waals surface area contributed by atoms with E-state index in [1.807, 2.05) is 12.6 Å². The van der Waals surface area contributed by atoms with Crippen LogP contribution < -0.4 is 5.32 Å². The van der Waals surface area contributed by atoms with Crippen molar-refractivity contribution in [2.75, 3.05) is 7.05 Å². The fraction of sp³-hybridized carbons (Fsp3) is 0.308. The van der Waals surface area contributed by atoms with Crippen molar-refractivity contribution in [2.45, 2.75) is 19.9 Å². The highest BCUT2D eigenvalue weighted by Gasteiger charge is 2.16. The Morgan fingerprint density at radius 1 is 1.31 bits per heavy atom. The lowest BCUT2D eigenvalue weighted by molar-refractivity contribution is 0.671. The molecule has 3 heteroatoms. The SMILES string of the molecule is CNC(c1cscn1)c1cccc(C)c1C. The summed E-state index contributed by atoms with van der Waals surface area (Å²) in [4.78, 5) is 4.39. The normalized spacial score (nSPS) is 12.7. The molecule has 1 unspecified atom stereocenters. The van der Waals surface area contributed by atoms with Gasteiger partial charge in [-0.2, -0.15) is 0 Å². The van der Waals surface area contributed by atoms with Crippen LogP contribution in [0.4, 0.5) is 0 Å². The van der Waals surface area contributed by atoms with Crippen LogP contribution >= 0.6 is 11.3 Å². The van der Waals surface area contributed by atoms with Crippen molar-refractivity contribution in [3.05, 3.63) is 51.5 Å². The van der Waals surface area contributed by atoms with E-state index in [0.29, 0.717) is 0 Å². The Morgan fingerprint density at radius 2 is 2.12 bits per heavy atom. The van der Waals surface area contributed by atoms with E-state index in [2.05, 4.69) is 47.7 Å². The Hall–Kier alpha value is -1.19. The van der Waals surface area contributed by atoms with E-state index in [4.69, 9.17) is 0 Å². The molecule has 0 saturated carbocycles. The van der Waals surface area contributed by atoms with Crippen LogP contribution in [0.15, 0.2) is 29.1 Å². The first-order chi connectivity index (χ1) is 7.74. The van der Waals surface area contributed by atoms with Crippen LogP contribution in [-0.4, -0.2) is 12.0 Å². The summed E-state index contributed by atoms with van der Waals surface area (Å²) in [7, 11) is 1.98. The van der Waals surface area contributed by atoms with Gasteiger partial charge in [-0.05, 0) is 37.6 Å². The molecule has 1 atom stereocenters. The van der Waals surface area contributed by atoms with Gasteiger partial charge in [-0.1, -0.05) is 18.2 Å². The number of thiazole rings is 1. The lowest BCUT2D eigenvalue weighted by Gasteiger charge is -2.18. The number of rotatable bonds is 3. The Balaban J connectivity index is 2.45. The molecule has 0 spiro atoms. The average molecular weight is 232 g/mol. The maximum Gasteiger partial charge on any atom is 0.0795 e. The Morgan fingerprint density at radius 3 is 2.75 bits per heavy atom. The van der Waals surface area contributed by atoms with Crippen LogP contribution in [0, 0.1) is 13.8 Å². The molecule has 0 fully saturated rings. The molecule has 2 rings (SSSR count).